The number of halogens is 2. The zero-order valence-corrected chi connectivity index (χ0v) is 25.2. The maximum atomic E-state index is 16.9. The van der Waals surface area contributed by atoms with Crippen LogP contribution in [0.3, 0.4) is 0 Å². The van der Waals surface area contributed by atoms with Gasteiger partial charge in [-0.05, 0) is 85.2 Å². The fraction of sp³-hybridized carbons (Fsp3) is 0.486. The molecule has 4 aromatic rings. The minimum Gasteiger partial charge on any atom is -0.508 e. The van der Waals surface area contributed by atoms with Crippen molar-refractivity contribution in [2.75, 3.05) is 37.7 Å². The summed E-state index contributed by atoms with van der Waals surface area (Å²) in [6.07, 6.45) is 5.52. The molecule has 4 aliphatic heterocycles. The Kier molecular flexibility index (Phi) is 6.86. The Morgan fingerprint density at radius 2 is 1.93 bits per heavy atom. The summed E-state index contributed by atoms with van der Waals surface area (Å²) in [7, 11) is 0. The fourth-order valence-electron chi connectivity index (χ4n) is 8.42. The summed E-state index contributed by atoms with van der Waals surface area (Å²) in [4.78, 5) is 14.1. The second-order valence-electron chi connectivity index (χ2n) is 13.3. The molecule has 44 heavy (non-hydrogen) atoms. The van der Waals surface area contributed by atoms with Crippen LogP contribution in [0.25, 0.3) is 32.8 Å². The molecule has 0 saturated carbocycles. The van der Waals surface area contributed by atoms with Gasteiger partial charge in [0.2, 0.25) is 0 Å². The van der Waals surface area contributed by atoms with Gasteiger partial charge in [0, 0.05) is 49.1 Å². The van der Waals surface area contributed by atoms with E-state index in [9.17, 15) is 9.50 Å². The number of fused-ring (bicyclic) bond motifs is 5. The van der Waals surface area contributed by atoms with Crippen molar-refractivity contribution in [3.63, 3.8) is 0 Å². The van der Waals surface area contributed by atoms with E-state index in [0.29, 0.717) is 47.4 Å². The fourth-order valence-corrected chi connectivity index (χ4v) is 8.42. The number of rotatable bonds is 6. The molecule has 4 atom stereocenters. The SMILES string of the molecule is CCc1cccc2cc(O)cc(-c3ccc4c(N5CC[C@H]6CC[C@@H](C5)N6)nc(OC[C@@]56CCCN5CC(F)C6)nc4c3F)c12. The van der Waals surface area contributed by atoms with Crippen LogP contribution in [-0.4, -0.2) is 76.6 Å². The van der Waals surface area contributed by atoms with Gasteiger partial charge < -0.3 is 20.1 Å². The minimum absolute atomic E-state index is 0.0860. The molecule has 8 rings (SSSR count). The molecule has 7 nitrogen and oxygen atoms in total. The lowest BCUT2D eigenvalue weighted by Gasteiger charge is -2.31. The lowest BCUT2D eigenvalue weighted by atomic mass is 9.92. The van der Waals surface area contributed by atoms with E-state index >= 15 is 4.39 Å². The largest absolute Gasteiger partial charge is 0.508 e. The van der Waals surface area contributed by atoms with Gasteiger partial charge in [-0.25, -0.2) is 8.78 Å². The van der Waals surface area contributed by atoms with E-state index in [1.54, 1.807) is 18.2 Å². The molecule has 4 fully saturated rings. The van der Waals surface area contributed by atoms with Gasteiger partial charge in [0.05, 0.1) is 5.54 Å². The van der Waals surface area contributed by atoms with Crippen molar-refractivity contribution in [2.45, 2.75) is 75.7 Å². The van der Waals surface area contributed by atoms with Crippen LogP contribution in [0.5, 0.6) is 11.8 Å². The monoisotopic (exact) mass is 599 g/mol. The maximum Gasteiger partial charge on any atom is 0.319 e. The molecule has 0 amide bonds. The molecule has 4 saturated heterocycles. The number of benzene rings is 3. The second-order valence-corrected chi connectivity index (χ2v) is 13.3. The number of hydrogen-bond donors (Lipinski definition) is 2. The number of alkyl halides is 1. The first-order valence-electron chi connectivity index (χ1n) is 16.2. The number of phenolic OH excluding ortho intramolecular Hbond substituents is 1. The topological polar surface area (TPSA) is 73.8 Å². The molecular formula is C35H39F2N5O2. The number of nitrogens with one attached hydrogen (secondary N) is 1. The van der Waals surface area contributed by atoms with Crippen LogP contribution in [0.15, 0.2) is 42.5 Å². The summed E-state index contributed by atoms with van der Waals surface area (Å²) in [5, 5.41) is 16.8. The third kappa shape index (κ3) is 4.67. The van der Waals surface area contributed by atoms with Crippen molar-refractivity contribution in [1.29, 1.82) is 0 Å². The molecule has 4 aliphatic rings. The molecule has 1 unspecified atom stereocenters. The Morgan fingerprint density at radius 3 is 2.82 bits per heavy atom. The molecule has 2 bridgehead atoms. The van der Waals surface area contributed by atoms with E-state index in [-0.39, 0.29) is 29.4 Å². The van der Waals surface area contributed by atoms with Crippen molar-refractivity contribution in [3.8, 4) is 22.9 Å². The number of hydrogen-bond acceptors (Lipinski definition) is 7. The lowest BCUT2D eigenvalue weighted by molar-refractivity contribution is 0.107. The average molecular weight is 600 g/mol. The van der Waals surface area contributed by atoms with Crippen LogP contribution < -0.4 is 15.0 Å². The Morgan fingerprint density at radius 1 is 1.05 bits per heavy atom. The normalized spacial score (nSPS) is 26.9. The van der Waals surface area contributed by atoms with Gasteiger partial charge in [-0.1, -0.05) is 31.2 Å². The number of aromatic nitrogens is 2. The van der Waals surface area contributed by atoms with E-state index < -0.39 is 12.0 Å². The number of nitrogens with zero attached hydrogens (tertiary/aromatic N) is 4. The molecule has 1 aromatic heterocycles. The molecule has 0 aliphatic carbocycles. The summed E-state index contributed by atoms with van der Waals surface area (Å²) in [6, 6.07) is 14.0. The van der Waals surface area contributed by atoms with Crippen LogP contribution in [0.4, 0.5) is 14.6 Å². The van der Waals surface area contributed by atoms with E-state index in [4.69, 9.17) is 14.7 Å². The first-order chi connectivity index (χ1) is 21.4. The third-order valence-corrected chi connectivity index (χ3v) is 10.5. The molecule has 0 spiro atoms. The summed E-state index contributed by atoms with van der Waals surface area (Å²) in [5.41, 5.74) is 1.94. The van der Waals surface area contributed by atoms with Crippen molar-refractivity contribution < 1.29 is 18.6 Å². The first kappa shape index (κ1) is 28.0. The molecule has 230 valence electrons. The molecule has 5 heterocycles. The van der Waals surface area contributed by atoms with E-state index in [2.05, 4.69) is 22.0 Å². The Labute approximate surface area is 256 Å². The molecule has 2 N–H and O–H groups in total. The number of aryl methyl sites for hydroxylation is 1. The predicted molar refractivity (Wildman–Crippen MR) is 169 cm³/mol. The van der Waals surface area contributed by atoms with Gasteiger partial charge >= 0.3 is 6.01 Å². The summed E-state index contributed by atoms with van der Waals surface area (Å²) >= 11 is 0. The zero-order chi connectivity index (χ0) is 30.0. The molecule has 0 radical (unpaired) electrons. The predicted octanol–water partition coefficient (Wildman–Crippen LogP) is 6.14. The molecule has 9 heteroatoms. The van der Waals surface area contributed by atoms with E-state index in [1.807, 2.05) is 24.3 Å². The van der Waals surface area contributed by atoms with Gasteiger partial charge in [-0.3, -0.25) is 4.90 Å². The van der Waals surface area contributed by atoms with Crippen LogP contribution in [0.2, 0.25) is 0 Å². The molecular weight excluding hydrogens is 560 g/mol. The first-order valence-corrected chi connectivity index (χ1v) is 16.2. The third-order valence-electron chi connectivity index (χ3n) is 10.5. The highest BCUT2D eigenvalue weighted by atomic mass is 19.1. The van der Waals surface area contributed by atoms with Crippen molar-refractivity contribution >= 4 is 27.5 Å². The maximum absolute atomic E-state index is 16.9. The van der Waals surface area contributed by atoms with Crippen LogP contribution in [0, 0.1) is 5.82 Å². The van der Waals surface area contributed by atoms with Gasteiger partial charge in [-0.2, -0.15) is 9.97 Å². The number of aromatic hydroxyl groups is 1. The summed E-state index contributed by atoms with van der Waals surface area (Å²) in [6.45, 7) is 5.25. The average Bonchev–Trinajstić information content (AvgIpc) is 3.66. The number of anilines is 1. The van der Waals surface area contributed by atoms with Crippen LogP contribution in [0.1, 0.15) is 51.0 Å². The standard InChI is InChI=1S/C35H39F2N5O2/c1-2-21-5-3-6-22-15-26(43)16-29(30(21)22)27-9-10-28-32(31(27)37)39-34(44-20-35-12-4-13-42(35)18-23(36)17-35)40-33(28)41-14-11-24-7-8-25(19-41)38-24/h3,5-6,9-10,15-16,23-25,38,43H,2,4,7-8,11-14,17-20H2,1H3/t23?,24-,25+,35+/m1/s1. The minimum atomic E-state index is -0.864. The highest BCUT2D eigenvalue weighted by Crippen LogP contribution is 2.42. The van der Waals surface area contributed by atoms with Crippen molar-refractivity contribution in [3.05, 3.63) is 53.8 Å². The van der Waals surface area contributed by atoms with Gasteiger partial charge in [0.1, 0.15) is 29.9 Å². The number of phenols is 1. The number of ether oxygens (including phenoxy) is 1. The highest BCUT2D eigenvalue weighted by Gasteiger charge is 2.49. The van der Waals surface area contributed by atoms with Crippen molar-refractivity contribution in [1.82, 2.24) is 20.2 Å². The van der Waals surface area contributed by atoms with Crippen LogP contribution in [-0.2, 0) is 6.42 Å². The van der Waals surface area contributed by atoms with E-state index in [1.165, 1.54) is 6.42 Å². The van der Waals surface area contributed by atoms with Gasteiger partial charge in [0.15, 0.2) is 5.82 Å². The second kappa shape index (κ2) is 10.8. The smallest absolute Gasteiger partial charge is 0.319 e. The van der Waals surface area contributed by atoms with Crippen LogP contribution >= 0.6 is 0 Å². The lowest BCUT2D eigenvalue weighted by Crippen LogP contribution is -2.43. The summed E-state index contributed by atoms with van der Waals surface area (Å²) < 4.78 is 37.7. The molecule has 3 aromatic carbocycles. The quantitative estimate of drug-likeness (QED) is 0.276. The highest BCUT2D eigenvalue weighted by molar-refractivity contribution is 6.03. The Bertz CT molecular complexity index is 1750. The van der Waals surface area contributed by atoms with E-state index in [0.717, 1.165) is 68.1 Å². The zero-order valence-electron chi connectivity index (χ0n) is 25.2. The summed E-state index contributed by atoms with van der Waals surface area (Å²) in [5.74, 6) is 0.298. The van der Waals surface area contributed by atoms with Gasteiger partial charge in [0.25, 0.3) is 0 Å². The Hall–Kier alpha value is -3.56. The Balaban J connectivity index is 1.26. The van der Waals surface area contributed by atoms with Gasteiger partial charge in [-0.15, -0.1) is 0 Å². The van der Waals surface area contributed by atoms with Crippen molar-refractivity contribution in [2.24, 2.45) is 0 Å².